The van der Waals surface area contributed by atoms with Crippen LogP contribution in [0.15, 0.2) is 0 Å². The molecule has 112 valence electrons. The molecule has 2 aliphatic rings. The molecule has 0 aliphatic carbocycles. The molecule has 2 fully saturated rings. The number of likely N-dealkylation sites (tertiary alicyclic amines) is 1. The van der Waals surface area contributed by atoms with Crippen molar-refractivity contribution in [1.29, 1.82) is 0 Å². The summed E-state index contributed by atoms with van der Waals surface area (Å²) < 4.78 is 0. The van der Waals surface area contributed by atoms with Crippen molar-refractivity contribution in [2.75, 3.05) is 19.6 Å². The molecule has 2 unspecified atom stereocenters. The van der Waals surface area contributed by atoms with Gasteiger partial charge in [0, 0.05) is 38.5 Å². The number of aliphatic carboxylic acids is 1. The van der Waals surface area contributed by atoms with Crippen LogP contribution in [0.25, 0.3) is 0 Å². The maximum atomic E-state index is 12.1. The Morgan fingerprint density at radius 1 is 1.40 bits per heavy atom. The first kappa shape index (κ1) is 14.6. The molecule has 0 bridgehead atoms. The first-order chi connectivity index (χ1) is 9.54. The Balaban J connectivity index is 1.79. The van der Waals surface area contributed by atoms with E-state index in [9.17, 15) is 14.4 Å². The lowest BCUT2D eigenvalue weighted by atomic mass is 9.95. The second kappa shape index (κ2) is 6.58. The number of amides is 3. The molecule has 0 saturated carbocycles. The van der Waals surface area contributed by atoms with Crippen molar-refractivity contribution >= 4 is 17.9 Å². The van der Waals surface area contributed by atoms with Gasteiger partial charge >= 0.3 is 12.0 Å². The number of hydrogen-bond acceptors (Lipinski definition) is 3. The molecule has 2 atom stereocenters. The Morgan fingerprint density at radius 3 is 2.85 bits per heavy atom. The van der Waals surface area contributed by atoms with Gasteiger partial charge in [-0.25, -0.2) is 4.79 Å². The highest BCUT2D eigenvalue weighted by molar-refractivity contribution is 5.78. The van der Waals surface area contributed by atoms with Crippen molar-refractivity contribution < 1.29 is 19.5 Å². The van der Waals surface area contributed by atoms with Gasteiger partial charge in [-0.1, -0.05) is 0 Å². The summed E-state index contributed by atoms with van der Waals surface area (Å²) in [7, 11) is 0. The number of hydrogen-bond donors (Lipinski definition) is 3. The van der Waals surface area contributed by atoms with Crippen molar-refractivity contribution in [3.8, 4) is 0 Å². The predicted octanol–water partition coefficient (Wildman–Crippen LogP) is 0.161. The highest BCUT2D eigenvalue weighted by Crippen LogP contribution is 2.19. The van der Waals surface area contributed by atoms with Crippen LogP contribution in [0.5, 0.6) is 0 Å². The maximum Gasteiger partial charge on any atom is 0.317 e. The summed E-state index contributed by atoms with van der Waals surface area (Å²) in [4.78, 5) is 35.6. The van der Waals surface area contributed by atoms with E-state index in [0.29, 0.717) is 32.5 Å². The van der Waals surface area contributed by atoms with Crippen LogP contribution >= 0.6 is 0 Å². The molecule has 2 aliphatic heterocycles. The number of carboxylic acids is 1. The average molecular weight is 283 g/mol. The number of carbonyl (C=O) groups is 3. The molecular formula is C13H21N3O4. The minimum absolute atomic E-state index is 0.0231. The SMILES string of the molecule is O=C(O)CC1CCCN(C(=O)NC2CCC(=O)NC2)C1. The number of carboxylic acid groups (broad SMARTS) is 1. The number of nitrogens with zero attached hydrogens (tertiary/aromatic N) is 1. The number of piperidine rings is 2. The molecule has 7 nitrogen and oxygen atoms in total. The smallest absolute Gasteiger partial charge is 0.317 e. The molecule has 0 aromatic heterocycles. The summed E-state index contributed by atoms with van der Waals surface area (Å²) in [6.45, 7) is 1.63. The van der Waals surface area contributed by atoms with Crippen LogP contribution in [0.2, 0.25) is 0 Å². The summed E-state index contributed by atoms with van der Waals surface area (Å²) in [5.41, 5.74) is 0. The Bertz CT molecular complexity index is 389. The van der Waals surface area contributed by atoms with Crippen molar-refractivity contribution in [1.82, 2.24) is 15.5 Å². The summed E-state index contributed by atoms with van der Waals surface area (Å²) in [5.74, 6) is -0.750. The van der Waals surface area contributed by atoms with Crippen molar-refractivity contribution in [2.45, 2.75) is 38.1 Å². The molecule has 0 aromatic carbocycles. The fraction of sp³-hybridized carbons (Fsp3) is 0.769. The van der Waals surface area contributed by atoms with Gasteiger partial charge in [0.1, 0.15) is 0 Å². The molecule has 2 heterocycles. The largest absolute Gasteiger partial charge is 0.481 e. The van der Waals surface area contributed by atoms with Crippen molar-refractivity contribution in [3.63, 3.8) is 0 Å². The zero-order valence-electron chi connectivity index (χ0n) is 11.4. The second-order valence-corrected chi connectivity index (χ2v) is 5.54. The van der Waals surface area contributed by atoms with E-state index in [2.05, 4.69) is 10.6 Å². The third kappa shape index (κ3) is 4.11. The zero-order valence-corrected chi connectivity index (χ0v) is 11.4. The average Bonchev–Trinajstić information content (AvgIpc) is 2.41. The van der Waals surface area contributed by atoms with E-state index < -0.39 is 5.97 Å². The van der Waals surface area contributed by atoms with Gasteiger partial charge in [-0.05, 0) is 25.2 Å². The maximum absolute atomic E-state index is 12.1. The topological polar surface area (TPSA) is 98.7 Å². The zero-order chi connectivity index (χ0) is 14.5. The van der Waals surface area contributed by atoms with E-state index in [-0.39, 0.29) is 30.3 Å². The van der Waals surface area contributed by atoms with Gasteiger partial charge < -0.3 is 20.6 Å². The third-order valence-electron chi connectivity index (χ3n) is 3.86. The van der Waals surface area contributed by atoms with Crippen LogP contribution in [0, 0.1) is 5.92 Å². The highest BCUT2D eigenvalue weighted by atomic mass is 16.4. The lowest BCUT2D eigenvalue weighted by Crippen LogP contribution is -2.53. The van der Waals surface area contributed by atoms with Gasteiger partial charge in [0.05, 0.1) is 0 Å². The number of rotatable bonds is 3. The molecular weight excluding hydrogens is 262 g/mol. The van der Waals surface area contributed by atoms with Gasteiger partial charge in [0.15, 0.2) is 0 Å². The highest BCUT2D eigenvalue weighted by Gasteiger charge is 2.27. The van der Waals surface area contributed by atoms with Crippen LogP contribution in [0.4, 0.5) is 4.79 Å². The van der Waals surface area contributed by atoms with Gasteiger partial charge in [0.25, 0.3) is 0 Å². The van der Waals surface area contributed by atoms with Gasteiger partial charge in [-0.2, -0.15) is 0 Å². The summed E-state index contributed by atoms with van der Waals surface area (Å²) in [5, 5.41) is 14.5. The summed E-state index contributed by atoms with van der Waals surface area (Å²) in [6, 6.07) is -0.179. The lowest BCUT2D eigenvalue weighted by molar-refractivity contribution is -0.138. The lowest BCUT2D eigenvalue weighted by Gasteiger charge is -2.34. The molecule has 0 spiro atoms. The van der Waals surface area contributed by atoms with Crippen LogP contribution in [-0.2, 0) is 9.59 Å². The minimum Gasteiger partial charge on any atom is -0.481 e. The molecule has 20 heavy (non-hydrogen) atoms. The summed E-state index contributed by atoms with van der Waals surface area (Å²) in [6.07, 6.45) is 2.90. The summed E-state index contributed by atoms with van der Waals surface area (Å²) >= 11 is 0. The number of carbonyl (C=O) groups excluding carboxylic acids is 2. The minimum atomic E-state index is -0.813. The van der Waals surface area contributed by atoms with Gasteiger partial charge in [0.2, 0.25) is 5.91 Å². The number of nitrogens with one attached hydrogen (secondary N) is 2. The third-order valence-corrected chi connectivity index (χ3v) is 3.86. The van der Waals surface area contributed by atoms with Crippen LogP contribution in [0.3, 0.4) is 0 Å². The fourth-order valence-corrected chi connectivity index (χ4v) is 2.79. The van der Waals surface area contributed by atoms with Crippen molar-refractivity contribution in [2.24, 2.45) is 5.92 Å². The van der Waals surface area contributed by atoms with Gasteiger partial charge in [-0.3, -0.25) is 9.59 Å². The molecule has 0 radical (unpaired) electrons. The Morgan fingerprint density at radius 2 is 2.20 bits per heavy atom. The molecule has 7 heteroatoms. The second-order valence-electron chi connectivity index (χ2n) is 5.54. The van der Waals surface area contributed by atoms with Crippen LogP contribution < -0.4 is 10.6 Å². The van der Waals surface area contributed by atoms with Crippen LogP contribution in [-0.4, -0.2) is 53.6 Å². The standard InChI is InChI=1S/C13H21N3O4/c17-11-4-3-10(7-14-11)15-13(20)16-5-1-2-9(8-16)6-12(18)19/h9-10H,1-8H2,(H,14,17)(H,15,20)(H,18,19). The van der Waals surface area contributed by atoms with E-state index in [1.54, 1.807) is 4.90 Å². The molecule has 2 rings (SSSR count). The monoisotopic (exact) mass is 283 g/mol. The van der Waals surface area contributed by atoms with Crippen molar-refractivity contribution in [3.05, 3.63) is 0 Å². The Kier molecular flexibility index (Phi) is 4.81. The Hall–Kier alpha value is -1.79. The van der Waals surface area contributed by atoms with E-state index in [1.807, 2.05) is 0 Å². The molecule has 3 amide bonds. The van der Waals surface area contributed by atoms with E-state index in [1.165, 1.54) is 0 Å². The van der Waals surface area contributed by atoms with Crippen LogP contribution in [0.1, 0.15) is 32.1 Å². The fourth-order valence-electron chi connectivity index (χ4n) is 2.79. The molecule has 3 N–H and O–H groups in total. The van der Waals surface area contributed by atoms with E-state index in [4.69, 9.17) is 5.11 Å². The van der Waals surface area contributed by atoms with E-state index in [0.717, 1.165) is 12.8 Å². The first-order valence-electron chi connectivity index (χ1n) is 7.08. The quantitative estimate of drug-likeness (QED) is 0.687. The van der Waals surface area contributed by atoms with E-state index >= 15 is 0 Å². The first-order valence-corrected chi connectivity index (χ1v) is 7.08. The Labute approximate surface area is 117 Å². The predicted molar refractivity (Wildman–Crippen MR) is 71.1 cm³/mol. The number of urea groups is 1. The molecule has 0 aromatic rings. The van der Waals surface area contributed by atoms with Gasteiger partial charge in [-0.15, -0.1) is 0 Å². The normalized spacial score (nSPS) is 26.8. The molecule has 2 saturated heterocycles.